The summed E-state index contributed by atoms with van der Waals surface area (Å²) in [4.78, 5) is 13.5. The van der Waals surface area contributed by atoms with Gasteiger partial charge in [-0.05, 0) is 49.7 Å². The lowest BCUT2D eigenvalue weighted by Gasteiger charge is -2.39. The lowest BCUT2D eigenvalue weighted by atomic mass is 9.84. The zero-order chi connectivity index (χ0) is 20.9. The van der Waals surface area contributed by atoms with E-state index in [0.717, 1.165) is 25.7 Å². The number of Topliss-reactive ketones (excluding diaryl/α,β-unsaturated/α-hetero) is 1. The molecule has 1 N–H and O–H groups in total. The van der Waals surface area contributed by atoms with E-state index in [1.807, 2.05) is 6.92 Å². The SMILES string of the molecule is CCCCCC(CC(=O)[C@]12CC[C@@](C)(O)[C@H]1C2(C)C)O[Si](C)(C)C(C)(C)C. The lowest BCUT2D eigenvalue weighted by Crippen LogP contribution is -2.44. The topological polar surface area (TPSA) is 46.5 Å². The van der Waals surface area contributed by atoms with Crippen LogP contribution >= 0.6 is 0 Å². The molecule has 27 heavy (non-hydrogen) atoms. The fraction of sp³-hybridized carbons (Fsp3) is 0.957. The van der Waals surface area contributed by atoms with Crippen LogP contribution in [0.1, 0.15) is 93.4 Å². The largest absolute Gasteiger partial charge is 0.413 e. The van der Waals surface area contributed by atoms with Crippen LogP contribution in [0.2, 0.25) is 18.1 Å². The Kier molecular flexibility index (Phi) is 6.20. The molecule has 2 saturated carbocycles. The fourth-order valence-electron chi connectivity index (χ4n) is 5.69. The van der Waals surface area contributed by atoms with E-state index >= 15 is 0 Å². The first-order valence-electron chi connectivity index (χ1n) is 11.1. The molecule has 0 aromatic carbocycles. The highest BCUT2D eigenvalue weighted by molar-refractivity contribution is 6.74. The monoisotopic (exact) mass is 396 g/mol. The average molecular weight is 397 g/mol. The summed E-state index contributed by atoms with van der Waals surface area (Å²) in [5.74, 6) is 0.449. The number of hydrogen-bond acceptors (Lipinski definition) is 3. The maximum atomic E-state index is 13.5. The number of aliphatic hydroxyl groups is 1. The molecular weight excluding hydrogens is 352 g/mol. The van der Waals surface area contributed by atoms with Crippen molar-refractivity contribution < 1.29 is 14.3 Å². The molecule has 0 amide bonds. The quantitative estimate of drug-likeness (QED) is 0.378. The molecule has 2 aliphatic carbocycles. The van der Waals surface area contributed by atoms with Crippen LogP contribution in [0.15, 0.2) is 0 Å². The van der Waals surface area contributed by atoms with Gasteiger partial charge in [-0.3, -0.25) is 4.79 Å². The van der Waals surface area contributed by atoms with Gasteiger partial charge in [-0.2, -0.15) is 0 Å². The van der Waals surface area contributed by atoms with E-state index < -0.39 is 13.9 Å². The van der Waals surface area contributed by atoms with Gasteiger partial charge in [0.1, 0.15) is 5.78 Å². The Morgan fingerprint density at radius 3 is 2.22 bits per heavy atom. The van der Waals surface area contributed by atoms with E-state index in [9.17, 15) is 9.90 Å². The van der Waals surface area contributed by atoms with Crippen molar-refractivity contribution in [2.45, 2.75) is 123 Å². The first-order chi connectivity index (χ1) is 12.1. The minimum atomic E-state index is -1.91. The van der Waals surface area contributed by atoms with Crippen LogP contribution in [-0.2, 0) is 9.22 Å². The molecule has 3 nitrogen and oxygen atoms in total. The lowest BCUT2D eigenvalue weighted by molar-refractivity contribution is -0.127. The number of carbonyl (C=O) groups is 1. The van der Waals surface area contributed by atoms with Crippen LogP contribution in [0.3, 0.4) is 0 Å². The summed E-state index contributed by atoms with van der Waals surface area (Å²) in [5.41, 5.74) is -1.11. The van der Waals surface area contributed by atoms with Gasteiger partial charge in [-0.25, -0.2) is 0 Å². The third kappa shape index (κ3) is 3.96. The third-order valence-corrected chi connectivity index (χ3v) is 12.8. The van der Waals surface area contributed by atoms with Gasteiger partial charge < -0.3 is 9.53 Å². The second-order valence-electron chi connectivity index (χ2n) is 11.6. The van der Waals surface area contributed by atoms with Gasteiger partial charge in [0, 0.05) is 17.8 Å². The number of hydrogen-bond donors (Lipinski definition) is 1. The molecule has 158 valence electrons. The third-order valence-electron chi connectivity index (χ3n) is 8.24. The summed E-state index contributed by atoms with van der Waals surface area (Å²) >= 11 is 0. The number of ketones is 1. The van der Waals surface area contributed by atoms with Crippen LogP contribution in [-0.4, -0.2) is 30.9 Å². The van der Waals surface area contributed by atoms with Crippen molar-refractivity contribution >= 4 is 14.1 Å². The van der Waals surface area contributed by atoms with Gasteiger partial charge >= 0.3 is 0 Å². The summed E-state index contributed by atoms with van der Waals surface area (Å²) in [7, 11) is -1.91. The van der Waals surface area contributed by atoms with Gasteiger partial charge in [0.05, 0.1) is 11.7 Å². The second kappa shape index (κ2) is 7.25. The van der Waals surface area contributed by atoms with Crippen molar-refractivity contribution in [1.29, 1.82) is 0 Å². The molecule has 0 aromatic heterocycles. The molecule has 0 radical (unpaired) electrons. The van der Waals surface area contributed by atoms with Crippen molar-refractivity contribution in [3.8, 4) is 0 Å². The molecule has 0 heterocycles. The Balaban J connectivity index is 2.14. The first kappa shape index (κ1) is 23.1. The fourth-order valence-corrected chi connectivity index (χ4v) is 7.08. The van der Waals surface area contributed by atoms with Crippen molar-refractivity contribution in [2.75, 3.05) is 0 Å². The van der Waals surface area contributed by atoms with Crippen LogP contribution in [0.4, 0.5) is 0 Å². The molecule has 0 aromatic rings. The Bertz CT molecular complexity index is 558. The summed E-state index contributed by atoms with van der Waals surface area (Å²) in [6, 6.07) is 0. The minimum Gasteiger partial charge on any atom is -0.413 e. The molecule has 0 bridgehead atoms. The van der Waals surface area contributed by atoms with Gasteiger partial charge in [0.2, 0.25) is 0 Å². The van der Waals surface area contributed by atoms with E-state index in [0.29, 0.717) is 12.2 Å². The Labute approximate surface area is 168 Å². The average Bonchev–Trinajstić information content (AvgIpc) is 2.84. The van der Waals surface area contributed by atoms with Gasteiger partial charge in [-0.1, -0.05) is 60.8 Å². The molecule has 1 unspecified atom stereocenters. The Morgan fingerprint density at radius 1 is 1.19 bits per heavy atom. The number of unbranched alkanes of at least 4 members (excludes halogenated alkanes) is 2. The van der Waals surface area contributed by atoms with Crippen molar-refractivity contribution in [3.63, 3.8) is 0 Å². The standard InChI is InChI=1S/C23H44O3Si/c1-10-11-12-13-17(26-27(8,9)20(2,3)4)16-18(24)23-15-14-22(7,25)19(23)21(23,5)6/h17,19,25H,10-16H2,1-9H3/t17?,19-,22-,23-/m1/s1. The van der Waals surface area contributed by atoms with E-state index in [1.54, 1.807) is 0 Å². The molecule has 0 aliphatic heterocycles. The second-order valence-corrected chi connectivity index (χ2v) is 16.4. The molecule has 4 atom stereocenters. The summed E-state index contributed by atoms with van der Waals surface area (Å²) < 4.78 is 6.72. The molecule has 0 saturated heterocycles. The highest BCUT2D eigenvalue weighted by Gasteiger charge is 2.81. The van der Waals surface area contributed by atoms with Gasteiger partial charge in [-0.15, -0.1) is 0 Å². The zero-order valence-electron chi connectivity index (χ0n) is 19.4. The highest BCUT2D eigenvalue weighted by atomic mass is 28.4. The van der Waals surface area contributed by atoms with Gasteiger partial charge in [0.25, 0.3) is 0 Å². The van der Waals surface area contributed by atoms with E-state index in [4.69, 9.17) is 4.43 Å². The first-order valence-corrected chi connectivity index (χ1v) is 14.0. The molecule has 0 spiro atoms. The van der Waals surface area contributed by atoms with Crippen LogP contribution < -0.4 is 0 Å². The molecular formula is C23H44O3Si. The van der Waals surface area contributed by atoms with E-state index in [1.165, 1.54) is 12.8 Å². The predicted octanol–water partition coefficient (Wildman–Crippen LogP) is 6.10. The van der Waals surface area contributed by atoms with Crippen LogP contribution in [0, 0.1) is 16.7 Å². The molecule has 2 rings (SSSR count). The zero-order valence-corrected chi connectivity index (χ0v) is 20.4. The normalized spacial score (nSPS) is 33.6. The summed E-state index contributed by atoms with van der Waals surface area (Å²) in [6.07, 6.45) is 6.61. The van der Waals surface area contributed by atoms with E-state index in [2.05, 4.69) is 54.6 Å². The van der Waals surface area contributed by atoms with Crippen molar-refractivity contribution in [3.05, 3.63) is 0 Å². The maximum Gasteiger partial charge on any atom is 0.192 e. The van der Waals surface area contributed by atoms with Gasteiger partial charge in [0.15, 0.2) is 8.32 Å². The number of rotatable bonds is 9. The van der Waals surface area contributed by atoms with Crippen LogP contribution in [0.5, 0.6) is 0 Å². The molecule has 2 aliphatic rings. The summed E-state index contributed by atoms with van der Waals surface area (Å²) in [5, 5.41) is 10.9. The van der Waals surface area contributed by atoms with Crippen molar-refractivity contribution in [1.82, 2.24) is 0 Å². The van der Waals surface area contributed by atoms with Crippen molar-refractivity contribution in [2.24, 2.45) is 16.7 Å². The smallest absolute Gasteiger partial charge is 0.192 e. The molecule has 4 heteroatoms. The Morgan fingerprint density at radius 2 is 1.78 bits per heavy atom. The summed E-state index contributed by atoms with van der Waals surface area (Å²) in [6.45, 7) is 19.8. The predicted molar refractivity (Wildman–Crippen MR) is 115 cm³/mol. The molecule has 2 fully saturated rings. The maximum absolute atomic E-state index is 13.5. The highest BCUT2D eigenvalue weighted by Crippen LogP contribution is 2.79. The minimum absolute atomic E-state index is 0.0296. The number of carbonyl (C=O) groups excluding carboxylic acids is 1. The van der Waals surface area contributed by atoms with Crippen LogP contribution in [0.25, 0.3) is 0 Å². The number of fused-ring (bicyclic) bond motifs is 1. The van der Waals surface area contributed by atoms with E-state index in [-0.39, 0.29) is 27.9 Å². The Hall–Kier alpha value is -0.193.